The van der Waals surface area contributed by atoms with Gasteiger partial charge in [0.2, 0.25) is 0 Å². The fourth-order valence-electron chi connectivity index (χ4n) is 2.10. The maximum absolute atomic E-state index is 7.74. The summed E-state index contributed by atoms with van der Waals surface area (Å²) >= 11 is 0. The van der Waals surface area contributed by atoms with Gasteiger partial charge in [-0.2, -0.15) is 0 Å². The minimum absolute atomic E-state index is 0.413. The maximum atomic E-state index is 7.74. The van der Waals surface area contributed by atoms with Crippen molar-refractivity contribution in [1.29, 1.82) is 5.41 Å². The molecule has 2 atom stereocenters. The van der Waals surface area contributed by atoms with Crippen LogP contribution in [0.3, 0.4) is 0 Å². The number of hydrogen-bond donors (Lipinski definition) is 2. The van der Waals surface area contributed by atoms with Crippen LogP contribution in [0.15, 0.2) is 36.1 Å². The van der Waals surface area contributed by atoms with Gasteiger partial charge >= 0.3 is 0 Å². The lowest BCUT2D eigenvalue weighted by Crippen LogP contribution is -2.15. The molecule has 0 aliphatic carbocycles. The topological polar surface area (TPSA) is 49.9 Å². The first kappa shape index (κ1) is 17.7. The zero-order valence-electron chi connectivity index (χ0n) is 13.0. The number of nitrogens with one attached hydrogen (secondary N) is 1. The molecule has 19 heavy (non-hydrogen) atoms. The van der Waals surface area contributed by atoms with E-state index in [1.54, 1.807) is 6.92 Å². The van der Waals surface area contributed by atoms with Crippen LogP contribution in [-0.4, -0.2) is 5.71 Å². The molecule has 0 bridgehead atoms. The van der Waals surface area contributed by atoms with E-state index in [1.807, 2.05) is 13.0 Å². The normalized spacial score (nSPS) is 16.0. The van der Waals surface area contributed by atoms with Crippen LogP contribution in [0.4, 0.5) is 0 Å². The summed E-state index contributed by atoms with van der Waals surface area (Å²) in [7, 11) is 0. The highest BCUT2D eigenvalue weighted by Crippen LogP contribution is 2.24. The van der Waals surface area contributed by atoms with Crippen molar-refractivity contribution in [2.24, 2.45) is 17.6 Å². The van der Waals surface area contributed by atoms with Crippen LogP contribution in [0, 0.1) is 17.2 Å². The Balaban J connectivity index is 4.74. The Kier molecular flexibility index (Phi) is 8.94. The molecule has 0 radical (unpaired) electrons. The van der Waals surface area contributed by atoms with Crippen LogP contribution >= 0.6 is 0 Å². The van der Waals surface area contributed by atoms with E-state index in [9.17, 15) is 0 Å². The summed E-state index contributed by atoms with van der Waals surface area (Å²) in [6.45, 7) is 12.0. The Labute approximate surface area is 119 Å². The third kappa shape index (κ3) is 7.00. The highest BCUT2D eigenvalue weighted by molar-refractivity contribution is 5.95. The van der Waals surface area contributed by atoms with Gasteiger partial charge < -0.3 is 11.1 Å². The molecule has 2 heteroatoms. The second-order valence-electron chi connectivity index (χ2n) is 5.37. The van der Waals surface area contributed by atoms with E-state index in [4.69, 9.17) is 11.1 Å². The summed E-state index contributed by atoms with van der Waals surface area (Å²) in [5.74, 6) is 0.963. The Morgan fingerprint density at radius 1 is 1.37 bits per heavy atom. The molecule has 0 aromatic carbocycles. The van der Waals surface area contributed by atoms with E-state index in [-0.39, 0.29) is 0 Å². The lowest BCUT2D eigenvalue weighted by Gasteiger charge is -2.18. The number of allylic oxidation sites excluding steroid dienone is 5. The van der Waals surface area contributed by atoms with Crippen molar-refractivity contribution >= 4 is 5.71 Å². The molecular weight excluding hydrogens is 232 g/mol. The number of rotatable bonds is 9. The minimum Gasteiger partial charge on any atom is -0.397 e. The molecule has 0 aliphatic rings. The summed E-state index contributed by atoms with van der Waals surface area (Å²) < 4.78 is 0. The second-order valence-corrected chi connectivity index (χ2v) is 5.37. The maximum Gasteiger partial charge on any atom is 0.0517 e. The average molecular weight is 262 g/mol. The van der Waals surface area contributed by atoms with Gasteiger partial charge in [0.1, 0.15) is 0 Å². The van der Waals surface area contributed by atoms with Gasteiger partial charge in [0.25, 0.3) is 0 Å². The second kappa shape index (κ2) is 9.60. The Hall–Kier alpha value is -1.31. The van der Waals surface area contributed by atoms with Crippen molar-refractivity contribution < 1.29 is 0 Å². The zero-order valence-corrected chi connectivity index (χ0v) is 13.0. The predicted molar refractivity (Wildman–Crippen MR) is 86.4 cm³/mol. The minimum atomic E-state index is 0.413. The van der Waals surface area contributed by atoms with E-state index in [2.05, 4.69) is 32.6 Å². The van der Waals surface area contributed by atoms with E-state index in [0.717, 1.165) is 25.7 Å². The summed E-state index contributed by atoms with van der Waals surface area (Å²) in [6, 6.07) is 0. The van der Waals surface area contributed by atoms with Crippen LogP contribution in [0.25, 0.3) is 0 Å². The van der Waals surface area contributed by atoms with Crippen molar-refractivity contribution in [2.45, 2.75) is 53.4 Å². The Morgan fingerprint density at radius 3 is 2.47 bits per heavy atom. The number of nitrogens with two attached hydrogens (primary N) is 1. The van der Waals surface area contributed by atoms with Gasteiger partial charge in [0.05, 0.1) is 11.4 Å². The van der Waals surface area contributed by atoms with Gasteiger partial charge in [0.15, 0.2) is 0 Å². The number of hydrogen-bond acceptors (Lipinski definition) is 2. The third-order valence-corrected chi connectivity index (χ3v) is 3.58. The molecule has 0 spiro atoms. The van der Waals surface area contributed by atoms with E-state index >= 15 is 0 Å². The zero-order chi connectivity index (χ0) is 14.8. The molecule has 2 unspecified atom stereocenters. The largest absolute Gasteiger partial charge is 0.397 e. The standard InChI is InChI=1S/C17H30N2/c1-6-8-11-14(4)16(17(19)15(5)18)12-9-10-13(3)7-2/h6-8,13-14,18H,2,9-12,19H2,1,3-5H3/b8-6+,17-16+,18-15?. The highest BCUT2D eigenvalue weighted by atomic mass is 14.6. The summed E-state index contributed by atoms with van der Waals surface area (Å²) in [5, 5.41) is 7.74. The summed E-state index contributed by atoms with van der Waals surface area (Å²) in [4.78, 5) is 0. The molecule has 0 rings (SSSR count). The molecule has 0 aliphatic heterocycles. The Morgan fingerprint density at radius 2 is 2.00 bits per heavy atom. The van der Waals surface area contributed by atoms with Crippen LogP contribution in [0.2, 0.25) is 0 Å². The first-order valence-corrected chi connectivity index (χ1v) is 7.21. The summed E-state index contributed by atoms with van der Waals surface area (Å²) in [6.07, 6.45) is 10.5. The molecular formula is C17H30N2. The van der Waals surface area contributed by atoms with E-state index in [1.165, 1.54) is 5.57 Å². The van der Waals surface area contributed by atoms with Crippen molar-refractivity contribution in [3.63, 3.8) is 0 Å². The SMILES string of the molecule is C=CC(C)CCC/C(=C(\N)C(C)=N)C(C)C/C=C/C. The molecule has 0 heterocycles. The van der Waals surface area contributed by atoms with Gasteiger partial charge in [-0.25, -0.2) is 0 Å². The monoisotopic (exact) mass is 262 g/mol. The van der Waals surface area contributed by atoms with E-state index < -0.39 is 0 Å². The molecule has 0 amide bonds. The lowest BCUT2D eigenvalue weighted by atomic mass is 9.89. The van der Waals surface area contributed by atoms with Gasteiger partial charge in [-0.05, 0) is 56.9 Å². The highest BCUT2D eigenvalue weighted by Gasteiger charge is 2.13. The van der Waals surface area contributed by atoms with Crippen LogP contribution < -0.4 is 5.73 Å². The quantitative estimate of drug-likeness (QED) is 0.453. The van der Waals surface area contributed by atoms with Gasteiger partial charge in [-0.15, -0.1) is 6.58 Å². The Bertz CT molecular complexity index is 350. The molecule has 0 aromatic rings. The predicted octanol–water partition coefficient (Wildman–Crippen LogP) is 4.83. The fraction of sp³-hybridized carbons (Fsp3) is 0.588. The molecule has 0 fully saturated rings. The average Bonchev–Trinajstić information content (AvgIpc) is 2.39. The molecule has 108 valence electrons. The molecule has 3 N–H and O–H groups in total. The van der Waals surface area contributed by atoms with Crippen molar-refractivity contribution in [3.8, 4) is 0 Å². The van der Waals surface area contributed by atoms with Gasteiger partial charge in [0, 0.05) is 0 Å². The smallest absolute Gasteiger partial charge is 0.0517 e. The third-order valence-electron chi connectivity index (χ3n) is 3.58. The molecule has 2 nitrogen and oxygen atoms in total. The fourth-order valence-corrected chi connectivity index (χ4v) is 2.10. The van der Waals surface area contributed by atoms with Crippen molar-refractivity contribution in [1.82, 2.24) is 0 Å². The van der Waals surface area contributed by atoms with Crippen LogP contribution in [0.5, 0.6) is 0 Å². The first-order chi connectivity index (χ1) is 8.93. The van der Waals surface area contributed by atoms with Crippen molar-refractivity contribution in [3.05, 3.63) is 36.1 Å². The van der Waals surface area contributed by atoms with E-state index in [0.29, 0.717) is 23.2 Å². The summed E-state index contributed by atoms with van der Waals surface area (Å²) in [5.41, 5.74) is 8.50. The first-order valence-electron chi connectivity index (χ1n) is 7.21. The lowest BCUT2D eigenvalue weighted by molar-refractivity contribution is 0.568. The molecule has 0 aromatic heterocycles. The van der Waals surface area contributed by atoms with Crippen LogP contribution in [-0.2, 0) is 0 Å². The van der Waals surface area contributed by atoms with Crippen LogP contribution in [0.1, 0.15) is 53.4 Å². The molecule has 0 saturated heterocycles. The van der Waals surface area contributed by atoms with Gasteiger partial charge in [-0.3, -0.25) is 0 Å². The van der Waals surface area contributed by atoms with Gasteiger partial charge in [-0.1, -0.05) is 32.1 Å². The molecule has 0 saturated carbocycles. The van der Waals surface area contributed by atoms with Crippen molar-refractivity contribution in [2.75, 3.05) is 0 Å².